The van der Waals surface area contributed by atoms with Crippen molar-refractivity contribution < 1.29 is 29.0 Å². The first-order valence-corrected chi connectivity index (χ1v) is 6.59. The van der Waals surface area contributed by atoms with Gasteiger partial charge in [-0.25, -0.2) is 4.79 Å². The SMILES string of the molecule is O=C1CN(C(=O)NCC2(C(=O)O)CCOCC2)CC(=O)N1. The number of aliphatic carboxylic acids is 1. The summed E-state index contributed by atoms with van der Waals surface area (Å²) in [6.07, 6.45) is 0.615. The highest BCUT2D eigenvalue weighted by molar-refractivity contribution is 6.02. The average molecular weight is 299 g/mol. The molecule has 2 rings (SSSR count). The zero-order valence-corrected chi connectivity index (χ0v) is 11.4. The standard InChI is InChI=1S/C12H17N3O6/c16-8-5-15(6-9(17)14-8)11(20)13-7-12(10(18)19)1-3-21-4-2-12/h1-7H2,(H,13,20)(H,18,19)(H,14,16,17). The Kier molecular flexibility index (Phi) is 4.41. The fourth-order valence-corrected chi connectivity index (χ4v) is 2.37. The maximum absolute atomic E-state index is 12.0. The Balaban J connectivity index is 1.94. The summed E-state index contributed by atoms with van der Waals surface area (Å²) in [7, 11) is 0. The third kappa shape index (κ3) is 3.48. The van der Waals surface area contributed by atoms with Crippen LogP contribution in [0.1, 0.15) is 12.8 Å². The third-order valence-corrected chi connectivity index (χ3v) is 3.72. The van der Waals surface area contributed by atoms with E-state index >= 15 is 0 Å². The van der Waals surface area contributed by atoms with Crippen molar-refractivity contribution in [3.05, 3.63) is 0 Å². The van der Waals surface area contributed by atoms with E-state index in [0.29, 0.717) is 26.1 Å². The van der Waals surface area contributed by atoms with Gasteiger partial charge in [0.25, 0.3) is 0 Å². The van der Waals surface area contributed by atoms with Gasteiger partial charge in [0.1, 0.15) is 13.1 Å². The van der Waals surface area contributed by atoms with Gasteiger partial charge in [0.05, 0.1) is 5.41 Å². The Hall–Kier alpha value is -2.16. The normalized spacial score (nSPS) is 21.6. The van der Waals surface area contributed by atoms with Crippen molar-refractivity contribution in [2.45, 2.75) is 12.8 Å². The number of carboxylic acid groups (broad SMARTS) is 1. The molecule has 2 heterocycles. The summed E-state index contributed by atoms with van der Waals surface area (Å²) in [5, 5.41) is 13.9. The van der Waals surface area contributed by atoms with Gasteiger partial charge in [0.2, 0.25) is 11.8 Å². The molecular weight excluding hydrogens is 282 g/mol. The van der Waals surface area contributed by atoms with Crippen LogP contribution in [-0.2, 0) is 19.1 Å². The number of carboxylic acids is 1. The zero-order valence-electron chi connectivity index (χ0n) is 11.4. The van der Waals surface area contributed by atoms with Crippen LogP contribution in [0.25, 0.3) is 0 Å². The van der Waals surface area contributed by atoms with E-state index in [9.17, 15) is 24.3 Å². The molecule has 2 saturated heterocycles. The molecule has 0 aliphatic carbocycles. The van der Waals surface area contributed by atoms with Gasteiger partial charge >= 0.3 is 12.0 Å². The van der Waals surface area contributed by atoms with Crippen LogP contribution in [0.5, 0.6) is 0 Å². The number of nitrogens with zero attached hydrogens (tertiary/aromatic N) is 1. The molecule has 2 aliphatic rings. The minimum atomic E-state index is -1.06. The van der Waals surface area contributed by atoms with Crippen LogP contribution < -0.4 is 10.6 Å². The van der Waals surface area contributed by atoms with E-state index in [1.54, 1.807) is 0 Å². The number of hydrogen-bond donors (Lipinski definition) is 3. The lowest BCUT2D eigenvalue weighted by Gasteiger charge is -2.34. The van der Waals surface area contributed by atoms with Crippen LogP contribution in [0.4, 0.5) is 4.79 Å². The van der Waals surface area contributed by atoms with Gasteiger partial charge in [-0.15, -0.1) is 0 Å². The molecule has 0 aromatic heterocycles. The highest BCUT2D eigenvalue weighted by Gasteiger charge is 2.41. The van der Waals surface area contributed by atoms with Crippen LogP contribution in [0, 0.1) is 5.41 Å². The Bertz CT molecular complexity index is 456. The van der Waals surface area contributed by atoms with Crippen molar-refractivity contribution in [2.24, 2.45) is 5.41 Å². The Labute approximate surface area is 120 Å². The van der Waals surface area contributed by atoms with Crippen molar-refractivity contribution in [2.75, 3.05) is 32.8 Å². The number of piperazine rings is 1. The fraction of sp³-hybridized carbons (Fsp3) is 0.667. The molecule has 0 radical (unpaired) electrons. The molecule has 21 heavy (non-hydrogen) atoms. The molecule has 0 atom stereocenters. The maximum atomic E-state index is 12.0. The van der Waals surface area contributed by atoms with Crippen molar-refractivity contribution >= 4 is 23.8 Å². The first-order valence-electron chi connectivity index (χ1n) is 6.59. The number of carbonyl (C=O) groups excluding carboxylic acids is 3. The van der Waals surface area contributed by atoms with Gasteiger partial charge in [0.15, 0.2) is 0 Å². The zero-order chi connectivity index (χ0) is 15.5. The van der Waals surface area contributed by atoms with Crippen LogP contribution >= 0.6 is 0 Å². The summed E-state index contributed by atoms with van der Waals surface area (Å²) in [6.45, 7) is 0.151. The van der Waals surface area contributed by atoms with E-state index in [1.165, 1.54) is 0 Å². The van der Waals surface area contributed by atoms with Gasteiger partial charge in [-0.1, -0.05) is 0 Å². The molecule has 0 bridgehead atoms. The molecule has 0 aromatic carbocycles. The Morgan fingerprint density at radius 3 is 2.33 bits per heavy atom. The summed E-state index contributed by atoms with van der Waals surface area (Å²) < 4.78 is 5.14. The van der Waals surface area contributed by atoms with Gasteiger partial charge < -0.3 is 20.1 Å². The number of hydrogen-bond acceptors (Lipinski definition) is 5. The smallest absolute Gasteiger partial charge is 0.318 e. The van der Waals surface area contributed by atoms with Crippen LogP contribution in [0.3, 0.4) is 0 Å². The van der Waals surface area contributed by atoms with E-state index < -0.39 is 29.2 Å². The van der Waals surface area contributed by atoms with Gasteiger partial charge in [0, 0.05) is 19.8 Å². The Morgan fingerprint density at radius 2 is 1.81 bits per heavy atom. The van der Waals surface area contributed by atoms with Crippen molar-refractivity contribution in [3.8, 4) is 0 Å². The molecule has 9 heteroatoms. The highest BCUT2D eigenvalue weighted by atomic mass is 16.5. The highest BCUT2D eigenvalue weighted by Crippen LogP contribution is 2.30. The number of urea groups is 1. The lowest BCUT2D eigenvalue weighted by atomic mass is 9.80. The topological polar surface area (TPSA) is 125 Å². The monoisotopic (exact) mass is 299 g/mol. The number of carbonyl (C=O) groups is 4. The minimum Gasteiger partial charge on any atom is -0.481 e. The predicted octanol–water partition coefficient (Wildman–Crippen LogP) is -1.46. The second kappa shape index (κ2) is 6.08. The van der Waals surface area contributed by atoms with Crippen molar-refractivity contribution in [1.29, 1.82) is 0 Å². The van der Waals surface area contributed by atoms with E-state index in [2.05, 4.69) is 10.6 Å². The molecule has 0 spiro atoms. The van der Waals surface area contributed by atoms with Gasteiger partial charge in [-0.05, 0) is 12.8 Å². The number of nitrogens with one attached hydrogen (secondary N) is 2. The maximum Gasteiger partial charge on any atom is 0.318 e. The van der Waals surface area contributed by atoms with E-state index in [-0.39, 0.29) is 19.6 Å². The number of rotatable bonds is 3. The average Bonchev–Trinajstić information content (AvgIpc) is 2.44. The predicted molar refractivity (Wildman–Crippen MR) is 68.2 cm³/mol. The molecule has 2 fully saturated rings. The summed E-state index contributed by atoms with van der Waals surface area (Å²) in [5.41, 5.74) is -1.06. The summed E-state index contributed by atoms with van der Waals surface area (Å²) in [6, 6.07) is -0.620. The van der Waals surface area contributed by atoms with Crippen LogP contribution in [-0.4, -0.2) is 66.7 Å². The lowest BCUT2D eigenvalue weighted by molar-refractivity contribution is -0.154. The van der Waals surface area contributed by atoms with Crippen molar-refractivity contribution in [3.63, 3.8) is 0 Å². The lowest BCUT2D eigenvalue weighted by Crippen LogP contribution is -2.57. The Morgan fingerprint density at radius 1 is 1.24 bits per heavy atom. The first-order chi connectivity index (χ1) is 9.93. The van der Waals surface area contributed by atoms with Gasteiger partial charge in [-0.2, -0.15) is 0 Å². The van der Waals surface area contributed by atoms with Crippen LogP contribution in [0.2, 0.25) is 0 Å². The first kappa shape index (κ1) is 15.2. The second-order valence-electron chi connectivity index (χ2n) is 5.18. The summed E-state index contributed by atoms with van der Waals surface area (Å²) in [5.74, 6) is -2.10. The van der Waals surface area contributed by atoms with Gasteiger partial charge in [-0.3, -0.25) is 19.7 Å². The van der Waals surface area contributed by atoms with Crippen molar-refractivity contribution in [1.82, 2.24) is 15.5 Å². The number of ether oxygens (including phenoxy) is 1. The van der Waals surface area contributed by atoms with E-state index in [0.717, 1.165) is 4.90 Å². The summed E-state index contributed by atoms with van der Waals surface area (Å²) >= 11 is 0. The molecule has 0 saturated carbocycles. The quantitative estimate of drug-likeness (QED) is 0.547. The number of amides is 4. The van der Waals surface area contributed by atoms with E-state index in [4.69, 9.17) is 4.74 Å². The molecule has 9 nitrogen and oxygen atoms in total. The molecule has 116 valence electrons. The molecular formula is C12H17N3O6. The van der Waals surface area contributed by atoms with Crippen LogP contribution in [0.15, 0.2) is 0 Å². The molecule has 0 aromatic rings. The van der Waals surface area contributed by atoms with E-state index in [1.807, 2.05) is 0 Å². The fourth-order valence-electron chi connectivity index (χ4n) is 2.37. The molecule has 4 amide bonds. The molecule has 2 aliphatic heterocycles. The third-order valence-electron chi connectivity index (χ3n) is 3.72. The largest absolute Gasteiger partial charge is 0.481 e. The minimum absolute atomic E-state index is 0.0587. The summed E-state index contributed by atoms with van der Waals surface area (Å²) in [4.78, 5) is 46.8. The number of imide groups is 1. The molecule has 0 unspecified atom stereocenters. The molecule has 3 N–H and O–H groups in total. The second-order valence-corrected chi connectivity index (χ2v) is 5.18.